The Balaban J connectivity index is 2.57. The van der Waals surface area contributed by atoms with Gasteiger partial charge >= 0.3 is 0 Å². The summed E-state index contributed by atoms with van der Waals surface area (Å²) in [4.78, 5) is 4.38. The van der Waals surface area contributed by atoms with E-state index in [1.54, 1.807) is 4.68 Å². The molecular formula is C12H12N4. The Kier molecular flexibility index (Phi) is 1.68. The van der Waals surface area contributed by atoms with Crippen molar-refractivity contribution in [2.75, 3.05) is 5.73 Å². The molecule has 2 N–H and O–H groups in total. The molecular weight excluding hydrogens is 200 g/mol. The van der Waals surface area contributed by atoms with E-state index >= 15 is 0 Å². The van der Waals surface area contributed by atoms with Crippen molar-refractivity contribution in [3.05, 3.63) is 30.0 Å². The van der Waals surface area contributed by atoms with Crippen molar-refractivity contribution in [3.63, 3.8) is 0 Å². The van der Waals surface area contributed by atoms with E-state index in [2.05, 4.69) is 22.2 Å². The monoisotopic (exact) mass is 212 g/mol. The Morgan fingerprint density at radius 2 is 2.06 bits per heavy atom. The fourth-order valence-electron chi connectivity index (χ4n) is 2.02. The number of pyridine rings is 1. The highest BCUT2D eigenvalue weighted by atomic mass is 15.3. The van der Waals surface area contributed by atoms with Crippen LogP contribution in [0.3, 0.4) is 0 Å². The van der Waals surface area contributed by atoms with Crippen molar-refractivity contribution in [1.82, 2.24) is 14.8 Å². The molecule has 0 amide bonds. The molecule has 0 saturated heterocycles. The van der Waals surface area contributed by atoms with Crippen molar-refractivity contribution < 1.29 is 0 Å². The van der Waals surface area contributed by atoms with Gasteiger partial charge in [0.05, 0.1) is 5.52 Å². The minimum absolute atomic E-state index is 0.494. The maximum absolute atomic E-state index is 5.90. The maximum atomic E-state index is 5.90. The molecule has 4 heteroatoms. The van der Waals surface area contributed by atoms with Crippen LogP contribution in [0.15, 0.2) is 24.4 Å². The zero-order valence-electron chi connectivity index (χ0n) is 9.23. The normalized spacial score (nSPS) is 11.4. The number of nitrogens with zero attached hydrogens (tertiary/aromatic N) is 3. The summed E-state index contributed by atoms with van der Waals surface area (Å²) in [5.41, 5.74) is 8.79. The molecule has 4 nitrogen and oxygen atoms in total. The molecule has 3 rings (SSSR count). The van der Waals surface area contributed by atoms with Crippen LogP contribution in [0, 0.1) is 6.92 Å². The van der Waals surface area contributed by atoms with Gasteiger partial charge in [-0.15, -0.1) is 0 Å². The highest BCUT2D eigenvalue weighted by molar-refractivity contribution is 6.07. The van der Waals surface area contributed by atoms with E-state index in [0.717, 1.165) is 21.8 Å². The van der Waals surface area contributed by atoms with Crippen molar-refractivity contribution in [2.24, 2.45) is 7.05 Å². The number of aryl methyl sites for hydroxylation is 2. The van der Waals surface area contributed by atoms with Gasteiger partial charge in [0.2, 0.25) is 0 Å². The van der Waals surface area contributed by atoms with Crippen molar-refractivity contribution >= 4 is 27.6 Å². The highest BCUT2D eigenvalue weighted by Crippen LogP contribution is 2.26. The Bertz CT molecular complexity index is 697. The number of anilines is 1. The maximum Gasteiger partial charge on any atom is 0.152 e. The van der Waals surface area contributed by atoms with Crippen LogP contribution in [0.2, 0.25) is 0 Å². The lowest BCUT2D eigenvalue weighted by atomic mass is 10.1. The van der Waals surface area contributed by atoms with Gasteiger partial charge < -0.3 is 5.73 Å². The summed E-state index contributed by atoms with van der Waals surface area (Å²) >= 11 is 0. The molecule has 2 heterocycles. The number of nitrogen functional groups attached to an aromatic ring is 1. The van der Waals surface area contributed by atoms with E-state index in [1.165, 1.54) is 5.56 Å². The number of fused-ring (bicyclic) bond motifs is 3. The van der Waals surface area contributed by atoms with Gasteiger partial charge in [0.15, 0.2) is 5.82 Å². The predicted molar refractivity (Wildman–Crippen MR) is 65.2 cm³/mol. The lowest BCUT2D eigenvalue weighted by Gasteiger charge is -2.01. The molecule has 2 aromatic heterocycles. The average molecular weight is 212 g/mol. The Morgan fingerprint density at radius 1 is 1.25 bits per heavy atom. The summed E-state index contributed by atoms with van der Waals surface area (Å²) in [6, 6.07) is 6.19. The quantitative estimate of drug-likeness (QED) is 0.620. The first kappa shape index (κ1) is 9.15. The van der Waals surface area contributed by atoms with E-state index in [9.17, 15) is 0 Å². The summed E-state index contributed by atoms with van der Waals surface area (Å²) < 4.78 is 1.77. The third-order valence-corrected chi connectivity index (χ3v) is 2.76. The first-order chi connectivity index (χ1) is 7.65. The molecule has 0 fully saturated rings. The molecule has 80 valence electrons. The average Bonchev–Trinajstić information content (AvgIpc) is 2.60. The number of hydrogen-bond donors (Lipinski definition) is 1. The highest BCUT2D eigenvalue weighted by Gasteiger charge is 2.09. The van der Waals surface area contributed by atoms with Gasteiger partial charge in [-0.05, 0) is 18.6 Å². The molecule has 3 aromatic rings. The van der Waals surface area contributed by atoms with Gasteiger partial charge in [-0.3, -0.25) is 4.68 Å². The standard InChI is InChI=1S/C12H12N4/c1-7-3-4-8-9-6-16(2)15-11(9)12(13)14-10(8)5-7/h3-6H,1-2H3,(H2,13,14). The first-order valence-electron chi connectivity index (χ1n) is 5.14. The van der Waals surface area contributed by atoms with Crippen molar-refractivity contribution in [3.8, 4) is 0 Å². The van der Waals surface area contributed by atoms with Crippen molar-refractivity contribution in [2.45, 2.75) is 6.92 Å². The Labute approximate surface area is 92.7 Å². The first-order valence-corrected chi connectivity index (χ1v) is 5.14. The minimum Gasteiger partial charge on any atom is -0.382 e. The Hall–Kier alpha value is -2.10. The van der Waals surface area contributed by atoms with E-state index in [1.807, 2.05) is 26.2 Å². The zero-order valence-corrected chi connectivity index (χ0v) is 9.23. The molecule has 1 aromatic carbocycles. The number of benzene rings is 1. The van der Waals surface area contributed by atoms with Gasteiger partial charge in [0, 0.05) is 24.0 Å². The zero-order chi connectivity index (χ0) is 11.3. The summed E-state index contributed by atoms with van der Waals surface area (Å²) in [6.45, 7) is 2.05. The number of aromatic nitrogens is 3. The van der Waals surface area contributed by atoms with E-state index < -0.39 is 0 Å². The molecule has 0 aliphatic rings. The van der Waals surface area contributed by atoms with Gasteiger partial charge in [0.1, 0.15) is 5.52 Å². The van der Waals surface area contributed by atoms with Gasteiger partial charge in [-0.1, -0.05) is 12.1 Å². The SMILES string of the molecule is Cc1ccc2c(c1)nc(N)c1nn(C)cc12. The molecule has 0 radical (unpaired) electrons. The third-order valence-electron chi connectivity index (χ3n) is 2.76. The predicted octanol–water partition coefficient (Wildman–Crippen LogP) is 2.01. The topological polar surface area (TPSA) is 56.7 Å². The molecule has 0 unspecified atom stereocenters. The van der Waals surface area contributed by atoms with E-state index in [0.29, 0.717) is 5.82 Å². The van der Waals surface area contributed by atoms with Crippen LogP contribution < -0.4 is 5.73 Å². The van der Waals surface area contributed by atoms with Crippen LogP contribution in [0.25, 0.3) is 21.8 Å². The van der Waals surface area contributed by atoms with Crippen LogP contribution in [0.4, 0.5) is 5.82 Å². The molecule has 0 aliphatic carbocycles. The van der Waals surface area contributed by atoms with E-state index in [4.69, 9.17) is 5.73 Å². The fraction of sp³-hybridized carbons (Fsp3) is 0.167. The van der Waals surface area contributed by atoms with Crippen LogP contribution >= 0.6 is 0 Å². The second kappa shape index (κ2) is 2.95. The number of rotatable bonds is 0. The molecule has 16 heavy (non-hydrogen) atoms. The molecule has 0 spiro atoms. The molecule has 0 atom stereocenters. The minimum atomic E-state index is 0.494. The fourth-order valence-corrected chi connectivity index (χ4v) is 2.02. The van der Waals surface area contributed by atoms with Crippen LogP contribution in [0.5, 0.6) is 0 Å². The van der Waals surface area contributed by atoms with Crippen LogP contribution in [-0.2, 0) is 7.05 Å². The van der Waals surface area contributed by atoms with Gasteiger partial charge in [0.25, 0.3) is 0 Å². The van der Waals surface area contributed by atoms with Gasteiger partial charge in [-0.2, -0.15) is 5.10 Å². The summed E-state index contributed by atoms with van der Waals surface area (Å²) in [7, 11) is 1.89. The van der Waals surface area contributed by atoms with Crippen LogP contribution in [-0.4, -0.2) is 14.8 Å². The second-order valence-corrected chi connectivity index (χ2v) is 4.08. The van der Waals surface area contributed by atoms with Gasteiger partial charge in [-0.25, -0.2) is 4.98 Å². The summed E-state index contributed by atoms with van der Waals surface area (Å²) in [5, 5.41) is 6.47. The lowest BCUT2D eigenvalue weighted by molar-refractivity contribution is 0.780. The number of hydrogen-bond acceptors (Lipinski definition) is 3. The smallest absolute Gasteiger partial charge is 0.152 e. The second-order valence-electron chi connectivity index (χ2n) is 4.08. The Morgan fingerprint density at radius 3 is 2.88 bits per heavy atom. The van der Waals surface area contributed by atoms with Crippen molar-refractivity contribution in [1.29, 1.82) is 0 Å². The molecule has 0 bridgehead atoms. The molecule has 0 aliphatic heterocycles. The van der Waals surface area contributed by atoms with E-state index in [-0.39, 0.29) is 0 Å². The third kappa shape index (κ3) is 1.16. The lowest BCUT2D eigenvalue weighted by Crippen LogP contribution is -1.93. The summed E-state index contributed by atoms with van der Waals surface area (Å²) in [6.07, 6.45) is 1.98. The largest absolute Gasteiger partial charge is 0.382 e. The number of nitrogens with two attached hydrogens (primary N) is 1. The van der Waals surface area contributed by atoms with Crippen LogP contribution in [0.1, 0.15) is 5.56 Å². The molecule has 0 saturated carbocycles. The summed E-state index contributed by atoms with van der Waals surface area (Å²) in [5.74, 6) is 0.494.